The number of carbonyl (C=O) groups excluding carboxylic acids is 2. The van der Waals surface area contributed by atoms with Crippen LogP contribution in [-0.4, -0.2) is 29.1 Å². The maximum Gasteiger partial charge on any atom is 0.337 e. The van der Waals surface area contributed by atoms with Crippen LogP contribution >= 0.6 is 11.8 Å². The van der Waals surface area contributed by atoms with Crippen molar-refractivity contribution in [2.45, 2.75) is 33.1 Å². The minimum Gasteiger partial charge on any atom is -0.463 e. The molecule has 2 heterocycles. The molecule has 5 nitrogen and oxygen atoms in total. The Balaban J connectivity index is 2.37. The van der Waals surface area contributed by atoms with Gasteiger partial charge in [0.1, 0.15) is 5.82 Å². The highest BCUT2D eigenvalue weighted by atomic mass is 32.2. The van der Waals surface area contributed by atoms with Gasteiger partial charge in [-0.15, -0.1) is 0 Å². The molecular weight excluding hydrogens is 288 g/mol. The molecule has 2 N–H and O–H groups in total. The number of ether oxygens (including phenoxy) is 1. The topological polar surface area (TPSA) is 72.6 Å². The summed E-state index contributed by atoms with van der Waals surface area (Å²) >= 11 is 1.32. The molecule has 1 fully saturated rings. The first kappa shape index (κ1) is 15.5. The molecule has 0 spiro atoms. The van der Waals surface area contributed by atoms with Gasteiger partial charge in [0, 0.05) is 18.4 Å². The monoisotopic (exact) mass is 306 g/mol. The molecule has 0 bridgehead atoms. The Morgan fingerprint density at radius 3 is 2.90 bits per heavy atom. The van der Waals surface area contributed by atoms with Crippen LogP contribution < -0.4 is 5.73 Å². The first-order chi connectivity index (χ1) is 10.1. The van der Waals surface area contributed by atoms with Crippen LogP contribution in [-0.2, 0) is 14.3 Å². The Labute approximate surface area is 128 Å². The van der Waals surface area contributed by atoms with E-state index in [1.165, 1.54) is 16.7 Å². The number of amides is 1. The van der Waals surface area contributed by atoms with Gasteiger partial charge in [0.2, 0.25) is 5.91 Å². The van der Waals surface area contributed by atoms with Crippen LogP contribution in [0.1, 0.15) is 33.1 Å². The first-order valence-electron chi connectivity index (χ1n) is 6.93. The van der Waals surface area contributed by atoms with E-state index in [4.69, 9.17) is 10.5 Å². The number of hydrogen-bond donors (Lipinski definition) is 1. The zero-order chi connectivity index (χ0) is 15.4. The van der Waals surface area contributed by atoms with E-state index in [1.54, 1.807) is 6.92 Å². The largest absolute Gasteiger partial charge is 0.463 e. The molecule has 0 aromatic carbocycles. The summed E-state index contributed by atoms with van der Waals surface area (Å²) in [5.41, 5.74) is 7.15. The van der Waals surface area contributed by atoms with E-state index in [-0.39, 0.29) is 11.7 Å². The molecule has 6 heteroatoms. The van der Waals surface area contributed by atoms with Gasteiger partial charge >= 0.3 is 5.97 Å². The number of rotatable bonds is 3. The Bertz CT molecular complexity index is 596. The third-order valence-corrected chi connectivity index (χ3v) is 4.18. The smallest absolute Gasteiger partial charge is 0.337 e. The van der Waals surface area contributed by atoms with Crippen molar-refractivity contribution < 1.29 is 14.3 Å². The van der Waals surface area contributed by atoms with Gasteiger partial charge in [-0.1, -0.05) is 30.5 Å². The van der Waals surface area contributed by atoms with E-state index >= 15 is 0 Å². The van der Waals surface area contributed by atoms with Crippen LogP contribution in [0.5, 0.6) is 0 Å². The van der Waals surface area contributed by atoms with Gasteiger partial charge in [-0.25, -0.2) is 4.79 Å². The minimum atomic E-state index is -0.401. The predicted octanol–water partition coefficient (Wildman–Crippen LogP) is 1.71. The molecule has 0 aliphatic carbocycles. The Morgan fingerprint density at radius 1 is 1.48 bits per heavy atom. The predicted molar refractivity (Wildman–Crippen MR) is 81.5 cm³/mol. The van der Waals surface area contributed by atoms with Crippen LogP contribution in [0.2, 0.25) is 0 Å². The molecule has 112 valence electrons. The lowest BCUT2D eigenvalue weighted by molar-refractivity contribution is -0.138. The molecule has 1 saturated heterocycles. The van der Waals surface area contributed by atoms with Gasteiger partial charge in [-0.3, -0.25) is 9.69 Å². The van der Waals surface area contributed by atoms with Crippen molar-refractivity contribution in [3.8, 4) is 11.8 Å². The van der Waals surface area contributed by atoms with Crippen molar-refractivity contribution in [1.29, 1.82) is 0 Å². The Morgan fingerprint density at radius 2 is 2.24 bits per heavy atom. The summed E-state index contributed by atoms with van der Waals surface area (Å²) in [7, 11) is 0. The fraction of sp³-hybridized carbons (Fsp3) is 0.467. The SMILES string of the molecule is CCCC#CC1=C(N)N2C(=O)CSC2=C(C(=O)OCC)C1. The molecule has 21 heavy (non-hydrogen) atoms. The van der Waals surface area contributed by atoms with Crippen molar-refractivity contribution in [1.82, 2.24) is 4.90 Å². The number of esters is 1. The average Bonchev–Trinajstić information content (AvgIpc) is 2.84. The van der Waals surface area contributed by atoms with E-state index in [9.17, 15) is 9.59 Å². The molecule has 2 aliphatic rings. The number of thioether (sulfide) groups is 1. The van der Waals surface area contributed by atoms with Crippen LogP contribution in [0.3, 0.4) is 0 Å². The second kappa shape index (κ2) is 6.72. The van der Waals surface area contributed by atoms with Gasteiger partial charge < -0.3 is 10.5 Å². The number of allylic oxidation sites excluding steroid dienone is 1. The molecule has 1 amide bonds. The van der Waals surface area contributed by atoms with Crippen LogP contribution in [0.4, 0.5) is 0 Å². The number of nitrogens with two attached hydrogens (primary N) is 1. The lowest BCUT2D eigenvalue weighted by atomic mass is 10.0. The van der Waals surface area contributed by atoms with Crippen molar-refractivity contribution in [3.63, 3.8) is 0 Å². The number of unbranched alkanes of at least 4 members (excludes halogenated alkanes) is 1. The molecule has 2 aliphatic heterocycles. The summed E-state index contributed by atoms with van der Waals surface area (Å²) in [5, 5.41) is 0.594. The molecule has 0 unspecified atom stereocenters. The van der Waals surface area contributed by atoms with Gasteiger partial charge in [0.15, 0.2) is 0 Å². The lowest BCUT2D eigenvalue weighted by Gasteiger charge is -2.26. The van der Waals surface area contributed by atoms with E-state index in [0.29, 0.717) is 35.0 Å². The average molecular weight is 306 g/mol. The molecule has 0 saturated carbocycles. The van der Waals surface area contributed by atoms with Crippen LogP contribution in [0.15, 0.2) is 22.0 Å². The third kappa shape index (κ3) is 3.08. The maximum absolute atomic E-state index is 12.1. The summed E-state index contributed by atoms with van der Waals surface area (Å²) in [6, 6.07) is 0. The maximum atomic E-state index is 12.1. The summed E-state index contributed by atoms with van der Waals surface area (Å²) in [5.74, 6) is 6.11. The number of carbonyl (C=O) groups is 2. The van der Waals surface area contributed by atoms with Gasteiger partial charge in [0.05, 0.1) is 23.0 Å². The Hall–Kier alpha value is -1.87. The standard InChI is InChI=1S/C15H18N2O3S/c1-3-5-6-7-10-8-11(15(19)20-4-2)14-17(13(10)16)12(18)9-21-14/h3-5,8-9,16H2,1-2H3. The van der Waals surface area contributed by atoms with E-state index in [2.05, 4.69) is 11.8 Å². The zero-order valence-electron chi connectivity index (χ0n) is 12.2. The van der Waals surface area contributed by atoms with Crippen molar-refractivity contribution >= 4 is 23.6 Å². The second-order valence-electron chi connectivity index (χ2n) is 4.61. The molecule has 0 radical (unpaired) electrons. The van der Waals surface area contributed by atoms with Crippen LogP contribution in [0, 0.1) is 11.8 Å². The highest BCUT2D eigenvalue weighted by molar-refractivity contribution is 8.04. The van der Waals surface area contributed by atoms with E-state index < -0.39 is 5.97 Å². The quantitative estimate of drug-likeness (QED) is 0.635. The Kier molecular flexibility index (Phi) is 4.97. The summed E-state index contributed by atoms with van der Waals surface area (Å²) in [4.78, 5) is 25.5. The molecular formula is C15H18N2O3S. The van der Waals surface area contributed by atoms with Crippen LogP contribution in [0.25, 0.3) is 0 Å². The fourth-order valence-corrected chi connectivity index (χ4v) is 3.14. The summed E-state index contributed by atoms with van der Waals surface area (Å²) < 4.78 is 5.07. The van der Waals surface area contributed by atoms with Gasteiger partial charge in [-0.05, 0) is 13.3 Å². The van der Waals surface area contributed by atoms with Gasteiger partial charge in [-0.2, -0.15) is 0 Å². The number of fused-ring (bicyclic) bond motifs is 1. The normalized spacial score (nSPS) is 17.6. The highest BCUT2D eigenvalue weighted by Crippen LogP contribution is 2.40. The third-order valence-electron chi connectivity index (χ3n) is 3.08. The van der Waals surface area contributed by atoms with Gasteiger partial charge in [0.25, 0.3) is 0 Å². The molecule has 0 aromatic rings. The molecule has 0 aromatic heterocycles. The zero-order valence-corrected chi connectivity index (χ0v) is 13.0. The second-order valence-corrected chi connectivity index (χ2v) is 5.58. The number of hydrogen-bond acceptors (Lipinski definition) is 5. The molecule has 0 atom stereocenters. The van der Waals surface area contributed by atoms with E-state index in [1.807, 2.05) is 6.92 Å². The summed E-state index contributed by atoms with van der Waals surface area (Å²) in [6.07, 6.45) is 2.03. The van der Waals surface area contributed by atoms with E-state index in [0.717, 1.165) is 12.8 Å². The van der Waals surface area contributed by atoms with Crippen molar-refractivity contribution in [2.24, 2.45) is 5.73 Å². The minimum absolute atomic E-state index is 0.121. The first-order valence-corrected chi connectivity index (χ1v) is 7.92. The highest BCUT2D eigenvalue weighted by Gasteiger charge is 2.38. The fourth-order valence-electron chi connectivity index (χ4n) is 2.10. The molecule has 2 rings (SSSR count). The van der Waals surface area contributed by atoms with Crippen molar-refractivity contribution in [3.05, 3.63) is 22.0 Å². The number of nitrogens with zero attached hydrogens (tertiary/aromatic N) is 1. The lowest BCUT2D eigenvalue weighted by Crippen LogP contribution is -2.34. The van der Waals surface area contributed by atoms with Crippen molar-refractivity contribution in [2.75, 3.05) is 12.4 Å². The summed E-state index contributed by atoms with van der Waals surface area (Å²) in [6.45, 7) is 4.09.